The molecule has 8 heteroatoms. The van der Waals surface area contributed by atoms with Gasteiger partial charge in [-0.1, -0.05) is 12.1 Å². The molecule has 80 valence electrons. The molecule has 0 atom stereocenters. The van der Waals surface area contributed by atoms with Crippen molar-refractivity contribution >= 4 is 21.9 Å². The van der Waals surface area contributed by atoms with Gasteiger partial charge in [0.15, 0.2) is 0 Å². The Balaban J connectivity index is 0.00000225. The maximum atomic E-state index is 10.4. The first-order valence-electron chi connectivity index (χ1n) is 3.77. The molecule has 0 fully saturated rings. The van der Waals surface area contributed by atoms with Crippen molar-refractivity contribution in [1.29, 1.82) is 0 Å². The van der Waals surface area contributed by atoms with Crippen LogP contribution in [0.25, 0.3) is 6.08 Å². The van der Waals surface area contributed by atoms with E-state index in [4.69, 9.17) is 0 Å². The molecule has 16 heavy (non-hydrogen) atoms. The van der Waals surface area contributed by atoms with E-state index in [1.807, 2.05) is 0 Å². The summed E-state index contributed by atoms with van der Waals surface area (Å²) < 4.78 is 30.7. The Kier molecular flexibility index (Phi) is 6.56. The van der Waals surface area contributed by atoms with Crippen molar-refractivity contribution < 1.29 is 69.3 Å². The summed E-state index contributed by atoms with van der Waals surface area (Å²) in [6.07, 6.45) is 1.01. The quantitative estimate of drug-likeness (QED) is 0.276. The van der Waals surface area contributed by atoms with Crippen molar-refractivity contribution in [2.75, 3.05) is 0 Å². The first kappa shape index (κ1) is 15.9. The molecule has 0 aliphatic heterocycles. The van der Waals surface area contributed by atoms with E-state index < -0.39 is 15.0 Å². The smallest absolute Gasteiger partial charge is 0.744 e. The molecule has 1 aromatic rings. The van der Waals surface area contributed by atoms with E-state index in [2.05, 4.69) is 0 Å². The second-order valence-corrected chi connectivity index (χ2v) is 3.91. The Labute approximate surface area is 135 Å². The predicted molar refractivity (Wildman–Crippen MR) is 51.8 cm³/mol. The standard InChI is InChI=1S/C8H7NO5S.K/c10-9(11)8-3-1-2-7(6-8)4-5-15(12,13)14;/h1-6H,(H,12,13,14);/q;+1/p-1/b5-4+;. The summed E-state index contributed by atoms with van der Waals surface area (Å²) in [4.78, 5) is 9.75. The maximum Gasteiger partial charge on any atom is 1.00 e. The summed E-state index contributed by atoms with van der Waals surface area (Å²) in [5.74, 6) is 0. The van der Waals surface area contributed by atoms with Crippen molar-refractivity contribution in [3.05, 3.63) is 45.4 Å². The topological polar surface area (TPSA) is 100 Å². The molecule has 0 radical (unpaired) electrons. The second-order valence-electron chi connectivity index (χ2n) is 2.65. The molecule has 0 saturated carbocycles. The molecule has 6 nitrogen and oxygen atoms in total. The molecule has 0 spiro atoms. The first-order chi connectivity index (χ1) is 6.88. The van der Waals surface area contributed by atoms with Gasteiger partial charge in [-0.2, -0.15) is 0 Å². The van der Waals surface area contributed by atoms with Gasteiger partial charge in [0.2, 0.25) is 0 Å². The minimum atomic E-state index is -4.46. The number of non-ortho nitro benzene ring substituents is 1. The van der Waals surface area contributed by atoms with Gasteiger partial charge < -0.3 is 4.55 Å². The van der Waals surface area contributed by atoms with Crippen molar-refractivity contribution in [2.24, 2.45) is 0 Å². The van der Waals surface area contributed by atoms with Gasteiger partial charge in [0.05, 0.1) is 4.92 Å². The van der Waals surface area contributed by atoms with Crippen LogP contribution in [-0.2, 0) is 10.1 Å². The molecular formula is C8H6KNO5S. The molecule has 0 aliphatic rings. The monoisotopic (exact) mass is 267 g/mol. The largest absolute Gasteiger partial charge is 1.00 e. The fraction of sp³-hybridized carbons (Fsp3) is 0. The van der Waals surface area contributed by atoms with E-state index in [9.17, 15) is 23.1 Å². The van der Waals surface area contributed by atoms with Crippen LogP contribution in [0.4, 0.5) is 5.69 Å². The summed E-state index contributed by atoms with van der Waals surface area (Å²) >= 11 is 0. The van der Waals surface area contributed by atoms with Crippen molar-refractivity contribution in [2.45, 2.75) is 0 Å². The van der Waals surface area contributed by atoms with Gasteiger partial charge in [-0.15, -0.1) is 0 Å². The van der Waals surface area contributed by atoms with Gasteiger partial charge in [-0.25, -0.2) is 8.42 Å². The molecule has 1 aromatic carbocycles. The second kappa shape index (κ2) is 6.60. The summed E-state index contributed by atoms with van der Waals surface area (Å²) in [5.41, 5.74) is 0.115. The van der Waals surface area contributed by atoms with Crippen LogP contribution >= 0.6 is 0 Å². The molecule has 0 aliphatic carbocycles. The average Bonchev–Trinajstić information content (AvgIpc) is 2.14. The van der Waals surface area contributed by atoms with Gasteiger partial charge in [-0.3, -0.25) is 10.1 Å². The van der Waals surface area contributed by atoms with E-state index >= 15 is 0 Å². The van der Waals surface area contributed by atoms with Crippen LogP contribution in [-0.4, -0.2) is 17.9 Å². The van der Waals surface area contributed by atoms with E-state index in [1.165, 1.54) is 24.3 Å². The average molecular weight is 267 g/mol. The zero-order valence-electron chi connectivity index (χ0n) is 8.36. The van der Waals surface area contributed by atoms with Gasteiger partial charge in [0.25, 0.3) is 5.69 Å². The third kappa shape index (κ3) is 5.85. The molecule has 0 amide bonds. The number of benzene rings is 1. The zero-order valence-corrected chi connectivity index (χ0v) is 12.3. The molecule has 0 heterocycles. The Morgan fingerprint density at radius 2 is 1.94 bits per heavy atom. The number of hydrogen-bond donors (Lipinski definition) is 0. The third-order valence-corrected chi connectivity index (χ3v) is 1.98. The Morgan fingerprint density at radius 3 is 2.44 bits per heavy atom. The zero-order chi connectivity index (χ0) is 11.5. The normalized spacial score (nSPS) is 11.1. The van der Waals surface area contributed by atoms with Crippen LogP contribution in [0.2, 0.25) is 0 Å². The van der Waals surface area contributed by atoms with Gasteiger partial charge >= 0.3 is 51.4 Å². The number of hydrogen-bond acceptors (Lipinski definition) is 5. The van der Waals surface area contributed by atoms with Crippen molar-refractivity contribution in [3.8, 4) is 0 Å². The number of nitro groups is 1. The van der Waals surface area contributed by atoms with E-state index in [1.54, 1.807) is 0 Å². The summed E-state index contributed by atoms with van der Waals surface area (Å²) in [6.45, 7) is 0. The predicted octanol–water partition coefficient (Wildman–Crippen LogP) is -1.89. The molecule has 1 rings (SSSR count). The fourth-order valence-electron chi connectivity index (χ4n) is 0.904. The van der Waals surface area contributed by atoms with Crippen LogP contribution in [0, 0.1) is 10.1 Å². The fourth-order valence-corrected chi connectivity index (χ4v) is 1.23. The van der Waals surface area contributed by atoms with Crippen LogP contribution in [0.15, 0.2) is 29.7 Å². The van der Waals surface area contributed by atoms with E-state index in [0.29, 0.717) is 5.41 Å². The Morgan fingerprint density at radius 1 is 1.31 bits per heavy atom. The van der Waals surface area contributed by atoms with Crippen LogP contribution < -0.4 is 51.4 Å². The minimum Gasteiger partial charge on any atom is -0.744 e. The van der Waals surface area contributed by atoms with Gasteiger partial charge in [-0.05, 0) is 11.6 Å². The van der Waals surface area contributed by atoms with Crippen molar-refractivity contribution in [1.82, 2.24) is 0 Å². The Bertz CT molecular complexity index is 511. The van der Waals surface area contributed by atoms with Gasteiger partial charge in [0.1, 0.15) is 10.1 Å². The van der Waals surface area contributed by atoms with Gasteiger partial charge in [0, 0.05) is 17.5 Å². The summed E-state index contributed by atoms with van der Waals surface area (Å²) in [5, 5.41) is 10.8. The molecule has 0 unspecified atom stereocenters. The molecule has 0 saturated heterocycles. The molecule has 0 aromatic heterocycles. The maximum absolute atomic E-state index is 10.4. The summed E-state index contributed by atoms with van der Waals surface area (Å²) in [7, 11) is -4.46. The summed E-state index contributed by atoms with van der Waals surface area (Å²) in [6, 6.07) is 5.29. The van der Waals surface area contributed by atoms with E-state index in [0.717, 1.165) is 6.08 Å². The molecule has 0 bridgehead atoms. The Hall–Kier alpha value is -0.0936. The first-order valence-corrected chi connectivity index (χ1v) is 5.24. The van der Waals surface area contributed by atoms with E-state index in [-0.39, 0.29) is 62.6 Å². The molecule has 0 N–H and O–H groups in total. The molecular weight excluding hydrogens is 261 g/mol. The third-order valence-electron chi connectivity index (χ3n) is 1.51. The number of nitrogens with zero attached hydrogens (tertiary/aromatic N) is 1. The van der Waals surface area contributed by atoms with Crippen LogP contribution in [0.1, 0.15) is 5.56 Å². The van der Waals surface area contributed by atoms with Crippen molar-refractivity contribution in [3.63, 3.8) is 0 Å². The minimum absolute atomic E-state index is 0. The number of nitro benzene ring substituents is 1. The van der Waals surface area contributed by atoms with Crippen LogP contribution in [0.3, 0.4) is 0 Å². The SMILES string of the molecule is O=[N+]([O-])c1cccc(/C=C/S(=O)(=O)[O-])c1.[K+]. The van der Waals surface area contributed by atoms with Crippen LogP contribution in [0.5, 0.6) is 0 Å². The number of rotatable bonds is 3.